The first-order chi connectivity index (χ1) is 13.7. The molecule has 2 aromatic heterocycles. The fraction of sp³-hybridized carbons (Fsp3) is 0.381. The molecule has 1 saturated heterocycles. The van der Waals surface area contributed by atoms with E-state index in [1.807, 2.05) is 48.2 Å². The molecule has 3 aromatic rings. The Hall–Kier alpha value is -2.93. The van der Waals surface area contributed by atoms with Crippen molar-refractivity contribution in [3.8, 4) is 0 Å². The highest BCUT2D eigenvalue weighted by atomic mass is 16.3. The van der Waals surface area contributed by atoms with Crippen LogP contribution in [0.25, 0.3) is 10.9 Å². The van der Waals surface area contributed by atoms with Crippen LogP contribution in [0.1, 0.15) is 23.8 Å². The number of anilines is 1. The molecule has 1 aliphatic heterocycles. The first-order valence-corrected chi connectivity index (χ1v) is 9.68. The highest BCUT2D eigenvalue weighted by Gasteiger charge is 2.16. The minimum atomic E-state index is 0.576. The van der Waals surface area contributed by atoms with E-state index >= 15 is 0 Å². The molecule has 0 unspecified atom stereocenters. The molecule has 1 aromatic carbocycles. The molecular formula is C21H25N5O2. The zero-order valence-electron chi connectivity index (χ0n) is 16.1. The van der Waals surface area contributed by atoms with Crippen LogP contribution in [-0.2, 0) is 17.9 Å². The number of aryl methyl sites for hydroxylation is 1. The van der Waals surface area contributed by atoms with Crippen LogP contribution in [0.3, 0.4) is 0 Å². The average Bonchev–Trinajstić information content (AvgIpc) is 2.99. The Morgan fingerprint density at radius 1 is 1.11 bits per heavy atom. The average molecular weight is 379 g/mol. The first kappa shape index (κ1) is 18.4. The summed E-state index contributed by atoms with van der Waals surface area (Å²) in [6.07, 6.45) is 1.91. The molecule has 1 fully saturated rings. The van der Waals surface area contributed by atoms with Gasteiger partial charge in [-0.05, 0) is 37.6 Å². The van der Waals surface area contributed by atoms with Crippen LogP contribution in [0.4, 0.5) is 5.82 Å². The van der Waals surface area contributed by atoms with Gasteiger partial charge in [0.1, 0.15) is 23.2 Å². The molecule has 0 saturated carbocycles. The Morgan fingerprint density at radius 3 is 2.82 bits per heavy atom. The number of aromatic nitrogens is 2. The van der Waals surface area contributed by atoms with E-state index in [4.69, 9.17) is 14.4 Å². The van der Waals surface area contributed by atoms with Gasteiger partial charge in [-0.2, -0.15) is 0 Å². The van der Waals surface area contributed by atoms with Crippen LogP contribution >= 0.6 is 0 Å². The highest BCUT2D eigenvalue weighted by molar-refractivity contribution is 5.88. The standard InChI is InChI=1S/C21H25N5O2/c1-16-7-8-17(28-16)13-22-21-18-5-2-3-6-19(18)23-20(24-21)14-25-9-4-10-26(15-27)12-11-25/h2-3,5-8,15H,4,9-14H2,1H3,(H,22,23,24). The van der Waals surface area contributed by atoms with Gasteiger partial charge >= 0.3 is 0 Å². The maximum atomic E-state index is 11.0. The molecule has 1 amide bonds. The zero-order valence-corrected chi connectivity index (χ0v) is 16.1. The minimum absolute atomic E-state index is 0.576. The van der Waals surface area contributed by atoms with Crippen molar-refractivity contribution in [3.63, 3.8) is 0 Å². The number of nitrogens with one attached hydrogen (secondary N) is 1. The van der Waals surface area contributed by atoms with E-state index in [1.165, 1.54) is 0 Å². The Morgan fingerprint density at radius 2 is 2.00 bits per heavy atom. The van der Waals surface area contributed by atoms with Gasteiger partial charge < -0.3 is 14.6 Å². The molecule has 1 N–H and O–H groups in total. The van der Waals surface area contributed by atoms with Gasteiger partial charge in [0.05, 0.1) is 18.6 Å². The number of fused-ring (bicyclic) bond motifs is 1. The third kappa shape index (κ3) is 4.31. The maximum Gasteiger partial charge on any atom is 0.209 e. The highest BCUT2D eigenvalue weighted by Crippen LogP contribution is 2.22. The van der Waals surface area contributed by atoms with Crippen LogP contribution in [0.15, 0.2) is 40.8 Å². The summed E-state index contributed by atoms with van der Waals surface area (Å²) < 4.78 is 5.66. The van der Waals surface area contributed by atoms with Gasteiger partial charge in [0.15, 0.2) is 0 Å². The Bertz CT molecular complexity index is 955. The number of hydrogen-bond donors (Lipinski definition) is 1. The lowest BCUT2D eigenvalue weighted by Gasteiger charge is -2.20. The summed E-state index contributed by atoms with van der Waals surface area (Å²) >= 11 is 0. The first-order valence-electron chi connectivity index (χ1n) is 9.68. The van der Waals surface area contributed by atoms with E-state index in [9.17, 15) is 4.79 Å². The summed E-state index contributed by atoms with van der Waals surface area (Å²) in [7, 11) is 0. The Labute approximate surface area is 164 Å². The lowest BCUT2D eigenvalue weighted by Crippen LogP contribution is -2.30. The van der Waals surface area contributed by atoms with Gasteiger partial charge in [-0.3, -0.25) is 9.69 Å². The van der Waals surface area contributed by atoms with Crippen molar-refractivity contribution in [2.75, 3.05) is 31.5 Å². The molecule has 28 heavy (non-hydrogen) atoms. The van der Waals surface area contributed by atoms with Crippen LogP contribution in [0.5, 0.6) is 0 Å². The van der Waals surface area contributed by atoms with E-state index < -0.39 is 0 Å². The number of carbonyl (C=O) groups is 1. The minimum Gasteiger partial charge on any atom is -0.465 e. The SMILES string of the molecule is Cc1ccc(CNc2nc(CN3CCCN(C=O)CC3)nc3ccccc23)o1. The molecule has 3 heterocycles. The molecule has 7 heteroatoms. The van der Waals surface area contributed by atoms with Crippen molar-refractivity contribution in [1.82, 2.24) is 19.8 Å². The number of carbonyl (C=O) groups excluding carboxylic acids is 1. The quantitative estimate of drug-likeness (QED) is 0.664. The molecule has 7 nitrogen and oxygen atoms in total. The largest absolute Gasteiger partial charge is 0.465 e. The monoisotopic (exact) mass is 379 g/mol. The summed E-state index contributed by atoms with van der Waals surface area (Å²) in [5, 5.41) is 4.40. The summed E-state index contributed by atoms with van der Waals surface area (Å²) in [6, 6.07) is 12.0. The number of benzene rings is 1. The predicted molar refractivity (Wildman–Crippen MR) is 108 cm³/mol. The number of nitrogens with zero attached hydrogens (tertiary/aromatic N) is 4. The molecular weight excluding hydrogens is 354 g/mol. The van der Waals surface area contributed by atoms with Crippen LogP contribution in [0, 0.1) is 6.92 Å². The summed E-state index contributed by atoms with van der Waals surface area (Å²) in [5.41, 5.74) is 0.926. The Kier molecular flexibility index (Phi) is 5.53. The summed E-state index contributed by atoms with van der Waals surface area (Å²) in [6.45, 7) is 6.53. The van der Waals surface area contributed by atoms with E-state index in [0.717, 1.165) is 73.1 Å². The molecule has 0 radical (unpaired) electrons. The van der Waals surface area contributed by atoms with Gasteiger partial charge in [-0.15, -0.1) is 0 Å². The van der Waals surface area contributed by atoms with Gasteiger partial charge in [-0.1, -0.05) is 12.1 Å². The van der Waals surface area contributed by atoms with E-state index in [2.05, 4.69) is 10.2 Å². The Balaban J connectivity index is 1.54. The van der Waals surface area contributed by atoms with Gasteiger partial charge in [0, 0.05) is 31.6 Å². The van der Waals surface area contributed by atoms with Crippen molar-refractivity contribution in [3.05, 3.63) is 53.7 Å². The van der Waals surface area contributed by atoms with Crippen molar-refractivity contribution in [2.45, 2.75) is 26.4 Å². The van der Waals surface area contributed by atoms with E-state index in [-0.39, 0.29) is 0 Å². The van der Waals surface area contributed by atoms with E-state index in [0.29, 0.717) is 13.1 Å². The van der Waals surface area contributed by atoms with Gasteiger partial charge in [0.2, 0.25) is 6.41 Å². The smallest absolute Gasteiger partial charge is 0.209 e. The van der Waals surface area contributed by atoms with Crippen LogP contribution in [-0.4, -0.2) is 52.4 Å². The fourth-order valence-electron chi connectivity index (χ4n) is 3.54. The predicted octanol–water partition coefficient (Wildman–Crippen LogP) is 2.81. The van der Waals surface area contributed by atoms with Gasteiger partial charge in [-0.25, -0.2) is 9.97 Å². The second-order valence-electron chi connectivity index (χ2n) is 7.14. The third-order valence-electron chi connectivity index (χ3n) is 5.01. The second kappa shape index (κ2) is 8.39. The molecule has 0 atom stereocenters. The number of amides is 1. The molecule has 0 aliphatic carbocycles. The van der Waals surface area contributed by atoms with E-state index in [1.54, 1.807) is 0 Å². The fourth-order valence-corrected chi connectivity index (χ4v) is 3.54. The normalized spacial score (nSPS) is 15.5. The summed E-state index contributed by atoms with van der Waals surface area (Å²) in [5.74, 6) is 3.38. The number of furan rings is 1. The lowest BCUT2D eigenvalue weighted by molar-refractivity contribution is -0.118. The van der Waals surface area contributed by atoms with Crippen molar-refractivity contribution in [1.29, 1.82) is 0 Å². The third-order valence-corrected chi connectivity index (χ3v) is 5.01. The summed E-state index contributed by atoms with van der Waals surface area (Å²) in [4.78, 5) is 24.7. The van der Waals surface area contributed by atoms with Crippen molar-refractivity contribution in [2.24, 2.45) is 0 Å². The molecule has 0 spiro atoms. The number of hydrogen-bond acceptors (Lipinski definition) is 6. The lowest BCUT2D eigenvalue weighted by atomic mass is 10.2. The second-order valence-corrected chi connectivity index (χ2v) is 7.14. The maximum absolute atomic E-state index is 11.0. The molecule has 4 rings (SSSR count). The number of rotatable bonds is 6. The molecule has 1 aliphatic rings. The van der Waals surface area contributed by atoms with Crippen molar-refractivity contribution >= 4 is 23.1 Å². The van der Waals surface area contributed by atoms with Crippen LogP contribution < -0.4 is 5.32 Å². The zero-order chi connectivity index (χ0) is 19.3. The topological polar surface area (TPSA) is 74.5 Å². The van der Waals surface area contributed by atoms with Gasteiger partial charge in [0.25, 0.3) is 0 Å². The molecule has 0 bridgehead atoms. The number of para-hydroxylation sites is 1. The molecule has 146 valence electrons. The van der Waals surface area contributed by atoms with Crippen molar-refractivity contribution < 1.29 is 9.21 Å². The van der Waals surface area contributed by atoms with Crippen LogP contribution in [0.2, 0.25) is 0 Å².